The molecule has 7 heteroatoms. The second-order valence-electron chi connectivity index (χ2n) is 8.85. The number of para-hydroxylation sites is 1. The molecule has 5 rings (SSSR count). The van der Waals surface area contributed by atoms with E-state index in [1.807, 2.05) is 65.3 Å². The molecule has 1 saturated heterocycles. The summed E-state index contributed by atoms with van der Waals surface area (Å²) in [6.45, 7) is 2.15. The number of likely N-dealkylation sites (tertiary alicyclic amines) is 1. The van der Waals surface area contributed by atoms with Gasteiger partial charge >= 0.3 is 0 Å². The zero-order valence-electron chi connectivity index (χ0n) is 19.9. The number of carbonyl (C=O) groups excluding carboxylic acids is 1. The van der Waals surface area contributed by atoms with Crippen molar-refractivity contribution >= 4 is 16.8 Å². The van der Waals surface area contributed by atoms with Crippen LogP contribution < -0.4 is 9.47 Å². The van der Waals surface area contributed by atoms with Gasteiger partial charge in [-0.15, -0.1) is 0 Å². The maximum Gasteiger partial charge on any atom is 0.270 e. The minimum Gasteiger partial charge on any atom is -0.497 e. The monoisotopic (exact) mass is 458 g/mol. The number of aromatic nitrogens is 3. The number of fused-ring (bicyclic) bond motifs is 1. The number of hydrogen-bond donors (Lipinski definition) is 0. The van der Waals surface area contributed by atoms with Crippen molar-refractivity contribution in [3.8, 4) is 11.5 Å². The molecule has 3 heterocycles. The fourth-order valence-corrected chi connectivity index (χ4v) is 4.97. The first-order valence-electron chi connectivity index (χ1n) is 11.6. The molecular formula is C27H30N4O3. The van der Waals surface area contributed by atoms with Crippen LogP contribution in [0.5, 0.6) is 11.5 Å². The van der Waals surface area contributed by atoms with Crippen LogP contribution in [0.1, 0.15) is 40.6 Å². The van der Waals surface area contributed by atoms with Gasteiger partial charge in [0.15, 0.2) is 0 Å². The molecule has 1 aliphatic heterocycles. The lowest BCUT2D eigenvalue weighted by atomic mass is 9.95. The Morgan fingerprint density at radius 3 is 2.41 bits per heavy atom. The predicted octanol–water partition coefficient (Wildman–Crippen LogP) is 4.46. The predicted molar refractivity (Wildman–Crippen MR) is 132 cm³/mol. The maximum atomic E-state index is 13.3. The molecule has 34 heavy (non-hydrogen) atoms. The molecule has 1 aliphatic rings. The van der Waals surface area contributed by atoms with E-state index in [4.69, 9.17) is 9.47 Å². The number of rotatable bonds is 6. The summed E-state index contributed by atoms with van der Waals surface area (Å²) in [4.78, 5) is 19.9. The Kier molecular flexibility index (Phi) is 6.01. The zero-order chi connectivity index (χ0) is 23.7. The fourth-order valence-electron chi connectivity index (χ4n) is 4.97. The lowest BCUT2D eigenvalue weighted by Gasteiger charge is -2.32. The molecule has 0 radical (unpaired) electrons. The first kappa shape index (κ1) is 22.1. The van der Waals surface area contributed by atoms with Gasteiger partial charge in [0, 0.05) is 62.0 Å². The normalized spacial score (nSPS) is 14.5. The van der Waals surface area contributed by atoms with Crippen LogP contribution >= 0.6 is 0 Å². The van der Waals surface area contributed by atoms with Crippen LogP contribution in [-0.4, -0.2) is 52.2 Å². The van der Waals surface area contributed by atoms with E-state index in [1.165, 1.54) is 0 Å². The largest absolute Gasteiger partial charge is 0.497 e. The second kappa shape index (κ2) is 9.25. The van der Waals surface area contributed by atoms with Crippen LogP contribution in [0.3, 0.4) is 0 Å². The fraction of sp³-hybridized carbons (Fsp3) is 0.333. The van der Waals surface area contributed by atoms with Crippen molar-refractivity contribution in [2.24, 2.45) is 7.05 Å². The number of piperidine rings is 1. The van der Waals surface area contributed by atoms with Crippen LogP contribution in [-0.2, 0) is 13.6 Å². The SMILES string of the molecule is COc1cc(Cn2ccnc2C2CCN(C(=O)c3cc4ccccc4n3C)CC2)cc(OC)c1. The first-order chi connectivity index (χ1) is 16.6. The molecule has 1 amide bonds. The van der Waals surface area contributed by atoms with E-state index in [9.17, 15) is 4.79 Å². The number of carbonyl (C=O) groups is 1. The first-order valence-corrected chi connectivity index (χ1v) is 11.6. The van der Waals surface area contributed by atoms with Gasteiger partial charge in [0.25, 0.3) is 5.91 Å². The van der Waals surface area contributed by atoms with Crippen molar-refractivity contribution in [2.75, 3.05) is 27.3 Å². The number of amides is 1. The van der Waals surface area contributed by atoms with E-state index in [2.05, 4.69) is 21.7 Å². The summed E-state index contributed by atoms with van der Waals surface area (Å²) in [5, 5.41) is 1.10. The number of benzene rings is 2. The highest BCUT2D eigenvalue weighted by atomic mass is 16.5. The van der Waals surface area contributed by atoms with E-state index in [0.717, 1.165) is 65.4 Å². The molecule has 0 saturated carbocycles. The minimum atomic E-state index is 0.101. The van der Waals surface area contributed by atoms with Crippen LogP contribution in [0.15, 0.2) is 60.9 Å². The number of hydrogen-bond acceptors (Lipinski definition) is 4. The van der Waals surface area contributed by atoms with E-state index >= 15 is 0 Å². The van der Waals surface area contributed by atoms with Crippen molar-refractivity contribution < 1.29 is 14.3 Å². The Bertz CT molecular complexity index is 1290. The smallest absolute Gasteiger partial charge is 0.270 e. The molecule has 7 nitrogen and oxygen atoms in total. The number of aryl methyl sites for hydroxylation is 1. The van der Waals surface area contributed by atoms with E-state index in [-0.39, 0.29) is 5.91 Å². The number of methoxy groups -OCH3 is 2. The standard InChI is InChI=1S/C27H30N4O3/c1-29-24-7-5-4-6-21(24)16-25(29)27(32)30-11-8-20(9-12-30)26-28-10-13-31(26)18-19-14-22(33-2)17-23(15-19)34-3/h4-7,10,13-17,20H,8-9,11-12,18H2,1-3H3. The van der Waals surface area contributed by atoms with Crippen LogP contribution in [0.2, 0.25) is 0 Å². The van der Waals surface area contributed by atoms with Gasteiger partial charge in [-0.2, -0.15) is 0 Å². The van der Waals surface area contributed by atoms with Gasteiger partial charge in [0.2, 0.25) is 0 Å². The van der Waals surface area contributed by atoms with Crippen molar-refractivity contribution in [1.82, 2.24) is 19.0 Å². The van der Waals surface area contributed by atoms with Gasteiger partial charge in [-0.25, -0.2) is 4.98 Å². The average Bonchev–Trinajstić information content (AvgIpc) is 3.47. The Morgan fingerprint density at radius 2 is 1.74 bits per heavy atom. The molecular weight excluding hydrogens is 428 g/mol. The summed E-state index contributed by atoms with van der Waals surface area (Å²) in [5.41, 5.74) is 2.92. The molecule has 176 valence electrons. The summed E-state index contributed by atoms with van der Waals surface area (Å²) in [6.07, 6.45) is 5.68. The summed E-state index contributed by atoms with van der Waals surface area (Å²) >= 11 is 0. The lowest BCUT2D eigenvalue weighted by Crippen LogP contribution is -2.39. The van der Waals surface area contributed by atoms with Gasteiger partial charge in [-0.05, 0) is 42.7 Å². The molecule has 2 aromatic carbocycles. The minimum absolute atomic E-state index is 0.101. The highest BCUT2D eigenvalue weighted by Crippen LogP contribution is 2.30. The highest BCUT2D eigenvalue weighted by Gasteiger charge is 2.28. The maximum absolute atomic E-state index is 13.3. The third-order valence-electron chi connectivity index (χ3n) is 6.83. The molecule has 0 bridgehead atoms. The van der Waals surface area contributed by atoms with Crippen molar-refractivity contribution in [1.29, 1.82) is 0 Å². The Morgan fingerprint density at radius 1 is 1.03 bits per heavy atom. The second-order valence-corrected chi connectivity index (χ2v) is 8.85. The molecule has 4 aromatic rings. The lowest BCUT2D eigenvalue weighted by molar-refractivity contribution is 0.0701. The van der Waals surface area contributed by atoms with Crippen LogP contribution in [0.25, 0.3) is 10.9 Å². The Labute approximate surface area is 199 Å². The van der Waals surface area contributed by atoms with Crippen LogP contribution in [0.4, 0.5) is 0 Å². The summed E-state index contributed by atoms with van der Waals surface area (Å²) in [5.74, 6) is 3.04. The number of ether oxygens (including phenoxy) is 2. The highest BCUT2D eigenvalue weighted by molar-refractivity contribution is 5.98. The molecule has 0 aliphatic carbocycles. The summed E-state index contributed by atoms with van der Waals surface area (Å²) in [6, 6.07) is 16.0. The molecule has 1 fully saturated rings. The Hall–Kier alpha value is -3.74. The quantitative estimate of drug-likeness (QED) is 0.428. The van der Waals surface area contributed by atoms with E-state index in [1.54, 1.807) is 14.2 Å². The molecule has 0 spiro atoms. The number of nitrogens with zero attached hydrogens (tertiary/aromatic N) is 4. The molecule has 2 aromatic heterocycles. The van der Waals surface area contributed by atoms with Gasteiger partial charge in [-0.1, -0.05) is 18.2 Å². The van der Waals surface area contributed by atoms with Gasteiger partial charge in [0.05, 0.1) is 14.2 Å². The van der Waals surface area contributed by atoms with Gasteiger partial charge in [0.1, 0.15) is 23.0 Å². The third kappa shape index (κ3) is 4.14. The topological polar surface area (TPSA) is 61.5 Å². The van der Waals surface area contributed by atoms with E-state index < -0.39 is 0 Å². The molecule has 0 N–H and O–H groups in total. The summed E-state index contributed by atoms with van der Waals surface area (Å²) < 4.78 is 15.0. The van der Waals surface area contributed by atoms with Crippen molar-refractivity contribution in [3.05, 3.63) is 78.0 Å². The average molecular weight is 459 g/mol. The number of imidazole rings is 1. The van der Waals surface area contributed by atoms with E-state index in [0.29, 0.717) is 12.5 Å². The molecule has 0 unspecified atom stereocenters. The Balaban J connectivity index is 1.28. The zero-order valence-corrected chi connectivity index (χ0v) is 19.9. The summed E-state index contributed by atoms with van der Waals surface area (Å²) in [7, 11) is 5.29. The van der Waals surface area contributed by atoms with Gasteiger partial charge < -0.3 is 23.5 Å². The third-order valence-corrected chi connectivity index (χ3v) is 6.83. The van der Waals surface area contributed by atoms with Crippen molar-refractivity contribution in [3.63, 3.8) is 0 Å². The molecule has 0 atom stereocenters. The van der Waals surface area contributed by atoms with Gasteiger partial charge in [-0.3, -0.25) is 4.79 Å². The van der Waals surface area contributed by atoms with Crippen LogP contribution in [0, 0.1) is 0 Å². The van der Waals surface area contributed by atoms with Crippen molar-refractivity contribution in [2.45, 2.75) is 25.3 Å².